The van der Waals surface area contributed by atoms with Crippen LogP contribution in [0, 0.1) is 0 Å². The average Bonchev–Trinajstić information content (AvgIpc) is 3.51. The Kier molecular flexibility index (Phi) is 6.47. The number of rotatable bonds is 8. The Balaban J connectivity index is 1.78. The van der Waals surface area contributed by atoms with E-state index in [2.05, 4.69) is 15.6 Å². The summed E-state index contributed by atoms with van der Waals surface area (Å²) in [5, 5.41) is 5.93. The highest BCUT2D eigenvalue weighted by molar-refractivity contribution is 6.10. The number of aliphatic imine (C=N–C) groups is 1. The Hall–Kier alpha value is -3.09. The third-order valence-corrected chi connectivity index (χ3v) is 4.36. The summed E-state index contributed by atoms with van der Waals surface area (Å²) in [4.78, 5) is 16.7. The van der Waals surface area contributed by atoms with E-state index in [9.17, 15) is 9.18 Å². The first-order valence-electron chi connectivity index (χ1n) is 9.38. The van der Waals surface area contributed by atoms with Gasteiger partial charge in [-0.3, -0.25) is 4.99 Å². The van der Waals surface area contributed by atoms with Gasteiger partial charge in [-0.1, -0.05) is 30.3 Å². The molecule has 0 bridgehead atoms. The smallest absolute Gasteiger partial charge is 0.342 e. The van der Waals surface area contributed by atoms with Crippen LogP contribution in [0.25, 0.3) is 0 Å². The van der Waals surface area contributed by atoms with E-state index in [4.69, 9.17) is 10.5 Å². The molecule has 1 aromatic rings. The number of esters is 1. The van der Waals surface area contributed by atoms with Crippen LogP contribution >= 0.6 is 0 Å². The van der Waals surface area contributed by atoms with E-state index in [1.54, 1.807) is 12.2 Å². The lowest BCUT2D eigenvalue weighted by atomic mass is 10.0. The number of nitrogens with zero attached hydrogens (tertiary/aromatic N) is 1. The number of hydrogen-bond acceptors (Lipinski definition) is 6. The van der Waals surface area contributed by atoms with Crippen molar-refractivity contribution >= 4 is 12.2 Å². The first kappa shape index (κ1) is 19.7. The van der Waals surface area contributed by atoms with Crippen LogP contribution in [0.5, 0.6) is 0 Å². The van der Waals surface area contributed by atoms with Crippen LogP contribution in [0.4, 0.5) is 4.39 Å². The van der Waals surface area contributed by atoms with Crippen molar-refractivity contribution in [2.75, 3.05) is 6.54 Å². The molecule has 0 amide bonds. The van der Waals surface area contributed by atoms with Crippen LogP contribution in [-0.4, -0.2) is 31.1 Å². The van der Waals surface area contributed by atoms with Gasteiger partial charge >= 0.3 is 5.97 Å². The van der Waals surface area contributed by atoms with Crippen LogP contribution in [0.3, 0.4) is 0 Å². The molecule has 2 aliphatic rings. The molecule has 1 unspecified atom stereocenters. The van der Waals surface area contributed by atoms with Gasteiger partial charge in [0.2, 0.25) is 0 Å². The summed E-state index contributed by atoms with van der Waals surface area (Å²) in [6, 6.07) is 9.70. The average molecular weight is 384 g/mol. The largest absolute Gasteiger partial charge is 0.457 e. The van der Waals surface area contributed by atoms with Crippen molar-refractivity contribution < 1.29 is 13.9 Å². The second kappa shape index (κ2) is 9.21. The van der Waals surface area contributed by atoms with Crippen molar-refractivity contribution in [1.82, 2.24) is 10.6 Å². The van der Waals surface area contributed by atoms with Crippen LogP contribution in [-0.2, 0) is 16.1 Å². The number of halogens is 1. The molecule has 1 atom stereocenters. The van der Waals surface area contributed by atoms with Crippen molar-refractivity contribution in [2.24, 2.45) is 10.7 Å². The number of allylic oxidation sites excluding steroid dienone is 2. The maximum Gasteiger partial charge on any atom is 0.342 e. The lowest BCUT2D eigenvalue weighted by Gasteiger charge is -2.23. The van der Waals surface area contributed by atoms with Crippen LogP contribution in [0.15, 0.2) is 70.1 Å². The Morgan fingerprint density at radius 2 is 2.11 bits per heavy atom. The van der Waals surface area contributed by atoms with E-state index >= 15 is 0 Å². The molecule has 3 rings (SSSR count). The number of dihydropyridines is 1. The lowest BCUT2D eigenvalue weighted by Crippen LogP contribution is -2.38. The summed E-state index contributed by atoms with van der Waals surface area (Å²) in [6.45, 7) is 2.40. The fraction of sp³-hybridized carbons (Fsp3) is 0.333. The van der Waals surface area contributed by atoms with Gasteiger partial charge < -0.3 is 21.1 Å². The van der Waals surface area contributed by atoms with Crippen molar-refractivity contribution in [3.63, 3.8) is 0 Å². The molecule has 1 aliphatic heterocycles. The molecular weight excluding hydrogens is 359 g/mol. The number of benzene rings is 1. The van der Waals surface area contributed by atoms with E-state index in [1.165, 1.54) is 6.21 Å². The minimum atomic E-state index is -1.53. The first-order chi connectivity index (χ1) is 13.6. The summed E-state index contributed by atoms with van der Waals surface area (Å²) in [6.07, 6.45) is 5.28. The van der Waals surface area contributed by atoms with Crippen molar-refractivity contribution in [3.8, 4) is 0 Å². The Labute approximate surface area is 164 Å². The fourth-order valence-electron chi connectivity index (χ4n) is 2.65. The second-order valence-corrected chi connectivity index (χ2v) is 6.64. The predicted molar refractivity (Wildman–Crippen MR) is 107 cm³/mol. The van der Waals surface area contributed by atoms with Gasteiger partial charge in [0, 0.05) is 24.4 Å². The second-order valence-electron chi connectivity index (χ2n) is 6.64. The summed E-state index contributed by atoms with van der Waals surface area (Å²) >= 11 is 0. The van der Waals surface area contributed by atoms with E-state index in [0.29, 0.717) is 18.4 Å². The molecule has 1 heterocycles. The molecule has 148 valence electrons. The maximum absolute atomic E-state index is 14.6. The SMILES string of the molecule is CCN=CC(C(=O)OCc1ccccc1)=C(N)C1=CC=C(NC2CC2)NC1F. The molecule has 28 heavy (non-hydrogen) atoms. The van der Waals surface area contributed by atoms with Crippen LogP contribution < -0.4 is 16.4 Å². The molecule has 1 saturated carbocycles. The normalized spacial score (nSPS) is 20.0. The van der Waals surface area contributed by atoms with E-state index in [1.807, 2.05) is 37.3 Å². The number of carbonyl (C=O) groups excluding carboxylic acids is 1. The quantitative estimate of drug-likeness (QED) is 0.277. The molecule has 0 saturated heterocycles. The van der Waals surface area contributed by atoms with E-state index < -0.39 is 12.3 Å². The highest BCUT2D eigenvalue weighted by atomic mass is 19.1. The number of nitrogens with one attached hydrogen (secondary N) is 2. The monoisotopic (exact) mass is 384 g/mol. The van der Waals surface area contributed by atoms with Gasteiger partial charge in [-0.15, -0.1) is 0 Å². The predicted octanol–water partition coefficient (Wildman–Crippen LogP) is 2.45. The van der Waals surface area contributed by atoms with Crippen LogP contribution in [0.1, 0.15) is 25.3 Å². The van der Waals surface area contributed by atoms with Gasteiger partial charge in [0.05, 0.1) is 5.70 Å². The third kappa shape index (κ3) is 5.22. The number of hydrogen-bond donors (Lipinski definition) is 3. The summed E-state index contributed by atoms with van der Waals surface area (Å²) in [7, 11) is 0. The molecule has 0 radical (unpaired) electrons. The number of nitrogens with two attached hydrogens (primary N) is 1. The van der Waals surface area contributed by atoms with Crippen LogP contribution in [0.2, 0.25) is 0 Å². The summed E-state index contributed by atoms with van der Waals surface area (Å²) in [5.74, 6) is -0.0282. The zero-order valence-corrected chi connectivity index (χ0v) is 15.8. The van der Waals surface area contributed by atoms with Crippen molar-refractivity contribution in [1.29, 1.82) is 0 Å². The molecule has 7 heteroatoms. The fourth-order valence-corrected chi connectivity index (χ4v) is 2.65. The van der Waals surface area contributed by atoms with E-state index in [0.717, 1.165) is 18.4 Å². The Bertz CT molecular complexity index is 826. The lowest BCUT2D eigenvalue weighted by molar-refractivity contribution is -0.139. The van der Waals surface area contributed by atoms with E-state index in [-0.39, 0.29) is 23.5 Å². The molecule has 6 nitrogen and oxygen atoms in total. The van der Waals surface area contributed by atoms with Crippen molar-refractivity contribution in [3.05, 3.63) is 70.7 Å². The summed E-state index contributed by atoms with van der Waals surface area (Å²) in [5.41, 5.74) is 7.22. The standard InChI is InChI=1S/C21H25FN4O2/c1-2-24-12-17(21(27)28-13-14-6-4-3-5-7-14)19(23)16-10-11-18(26-20(16)22)25-15-8-9-15/h3-7,10-12,15,20,25-26H,2,8-9,13,23H2,1H3. The Morgan fingerprint density at radius 1 is 1.36 bits per heavy atom. The minimum absolute atomic E-state index is 0.0111. The van der Waals surface area contributed by atoms with Crippen molar-refractivity contribution in [2.45, 2.75) is 38.7 Å². The zero-order chi connectivity index (χ0) is 19.9. The number of ether oxygens (including phenoxy) is 1. The maximum atomic E-state index is 14.6. The zero-order valence-electron chi connectivity index (χ0n) is 15.8. The van der Waals surface area contributed by atoms with Gasteiger partial charge in [-0.2, -0.15) is 0 Å². The Morgan fingerprint density at radius 3 is 2.75 bits per heavy atom. The molecule has 1 aliphatic carbocycles. The minimum Gasteiger partial charge on any atom is -0.457 e. The number of carbonyl (C=O) groups is 1. The summed E-state index contributed by atoms with van der Waals surface area (Å²) < 4.78 is 20.0. The topological polar surface area (TPSA) is 88.7 Å². The molecule has 1 fully saturated rings. The van der Waals surface area contributed by atoms with Gasteiger partial charge in [0.15, 0.2) is 6.30 Å². The molecule has 0 aromatic heterocycles. The highest BCUT2D eigenvalue weighted by Gasteiger charge is 2.27. The highest BCUT2D eigenvalue weighted by Crippen LogP contribution is 2.23. The first-order valence-corrected chi connectivity index (χ1v) is 9.38. The number of alkyl halides is 1. The molecule has 4 N–H and O–H groups in total. The molecule has 1 aromatic carbocycles. The molecule has 0 spiro atoms. The van der Waals surface area contributed by atoms with Gasteiger partial charge in [0.1, 0.15) is 18.0 Å². The van der Waals surface area contributed by atoms with Gasteiger partial charge in [-0.05, 0) is 37.5 Å². The van der Waals surface area contributed by atoms with Gasteiger partial charge in [-0.25, -0.2) is 9.18 Å². The van der Waals surface area contributed by atoms with Gasteiger partial charge in [0.25, 0.3) is 0 Å². The third-order valence-electron chi connectivity index (χ3n) is 4.36. The molecular formula is C21H25FN4O2.